The highest BCUT2D eigenvalue weighted by Gasteiger charge is 2.30. The molecule has 1 N–H and O–H groups in total. The van der Waals surface area contributed by atoms with E-state index >= 15 is 0 Å². The van der Waals surface area contributed by atoms with Gasteiger partial charge in [-0.3, -0.25) is 4.79 Å². The number of rotatable bonds is 3. The van der Waals surface area contributed by atoms with Crippen molar-refractivity contribution in [2.75, 3.05) is 18.0 Å². The Balaban J connectivity index is 1.43. The molecule has 1 amide bonds. The van der Waals surface area contributed by atoms with Crippen LogP contribution in [-0.4, -0.2) is 30.0 Å². The van der Waals surface area contributed by atoms with Gasteiger partial charge < -0.3 is 10.2 Å². The maximum Gasteiger partial charge on any atom is 0.223 e. The number of hydrogen-bond donors (Lipinski definition) is 1. The molecule has 2 aromatic rings. The van der Waals surface area contributed by atoms with E-state index < -0.39 is 0 Å². The number of benzene rings is 1. The van der Waals surface area contributed by atoms with Crippen molar-refractivity contribution in [3.63, 3.8) is 0 Å². The fourth-order valence-corrected chi connectivity index (χ4v) is 4.24. The molecule has 6 heteroatoms. The summed E-state index contributed by atoms with van der Waals surface area (Å²) in [5.41, 5.74) is 0.887. The van der Waals surface area contributed by atoms with Crippen LogP contribution in [0.2, 0.25) is 5.02 Å². The lowest BCUT2D eigenvalue weighted by molar-refractivity contribution is -0.125. The average molecular weight is 336 g/mol. The van der Waals surface area contributed by atoms with Crippen LogP contribution in [0.1, 0.15) is 25.7 Å². The van der Waals surface area contributed by atoms with Gasteiger partial charge in [-0.15, -0.1) is 0 Å². The highest BCUT2D eigenvalue weighted by Crippen LogP contribution is 2.34. The van der Waals surface area contributed by atoms with Gasteiger partial charge in [-0.25, -0.2) is 4.98 Å². The molecule has 1 saturated heterocycles. The van der Waals surface area contributed by atoms with Crippen molar-refractivity contribution in [2.45, 2.75) is 31.7 Å². The van der Waals surface area contributed by atoms with Gasteiger partial charge in [0.05, 0.1) is 9.72 Å². The summed E-state index contributed by atoms with van der Waals surface area (Å²) in [7, 11) is 0. The van der Waals surface area contributed by atoms with Crippen molar-refractivity contribution in [1.29, 1.82) is 0 Å². The van der Waals surface area contributed by atoms with E-state index in [1.165, 1.54) is 0 Å². The van der Waals surface area contributed by atoms with E-state index in [2.05, 4.69) is 21.3 Å². The van der Waals surface area contributed by atoms with Crippen LogP contribution in [-0.2, 0) is 4.79 Å². The fourth-order valence-electron chi connectivity index (χ4n) is 2.92. The Morgan fingerprint density at radius 1 is 1.27 bits per heavy atom. The minimum atomic E-state index is 0.162. The lowest BCUT2D eigenvalue weighted by Crippen LogP contribution is -2.41. The SMILES string of the molecule is O=C(NC1CC1)C1CCN(c2nc3c(Cl)cccc3s2)CC1. The second kappa shape index (κ2) is 5.70. The summed E-state index contributed by atoms with van der Waals surface area (Å²) in [6.07, 6.45) is 4.11. The van der Waals surface area contributed by atoms with Crippen LogP contribution >= 0.6 is 22.9 Å². The Morgan fingerprint density at radius 2 is 2.05 bits per heavy atom. The zero-order valence-electron chi connectivity index (χ0n) is 12.2. The third kappa shape index (κ3) is 2.79. The lowest BCUT2D eigenvalue weighted by atomic mass is 9.96. The van der Waals surface area contributed by atoms with Crippen molar-refractivity contribution in [2.24, 2.45) is 5.92 Å². The molecule has 0 atom stereocenters. The molecule has 2 heterocycles. The van der Waals surface area contributed by atoms with Gasteiger partial charge in [0.25, 0.3) is 0 Å². The van der Waals surface area contributed by atoms with E-state index in [-0.39, 0.29) is 11.8 Å². The van der Waals surface area contributed by atoms with E-state index in [9.17, 15) is 4.79 Å². The summed E-state index contributed by atoms with van der Waals surface area (Å²) < 4.78 is 1.12. The number of hydrogen-bond acceptors (Lipinski definition) is 4. The number of fused-ring (bicyclic) bond motifs is 1. The van der Waals surface area contributed by atoms with E-state index in [0.717, 1.165) is 54.1 Å². The van der Waals surface area contributed by atoms with Gasteiger partial charge in [-0.1, -0.05) is 29.0 Å². The molecular weight excluding hydrogens is 318 g/mol. The molecular formula is C16H18ClN3OS. The highest BCUT2D eigenvalue weighted by atomic mass is 35.5. The highest BCUT2D eigenvalue weighted by molar-refractivity contribution is 7.22. The predicted octanol–water partition coefficient (Wildman–Crippen LogP) is 3.44. The van der Waals surface area contributed by atoms with Gasteiger partial charge in [0.15, 0.2) is 5.13 Å². The van der Waals surface area contributed by atoms with Crippen molar-refractivity contribution in [3.8, 4) is 0 Å². The molecule has 22 heavy (non-hydrogen) atoms. The molecule has 0 radical (unpaired) electrons. The molecule has 0 spiro atoms. The van der Waals surface area contributed by atoms with Gasteiger partial charge in [-0.05, 0) is 37.8 Å². The molecule has 116 valence electrons. The summed E-state index contributed by atoms with van der Waals surface area (Å²) in [5, 5.41) is 4.84. The molecule has 1 aliphatic heterocycles. The number of aromatic nitrogens is 1. The summed E-state index contributed by atoms with van der Waals surface area (Å²) >= 11 is 7.88. The fraction of sp³-hybridized carbons (Fsp3) is 0.500. The standard InChI is InChI=1S/C16H18ClN3OS/c17-12-2-1-3-13-14(12)19-16(22-13)20-8-6-10(7-9-20)15(21)18-11-4-5-11/h1-3,10-11H,4-9H2,(H,18,21). The first-order valence-electron chi connectivity index (χ1n) is 7.81. The number of carbonyl (C=O) groups is 1. The number of piperidine rings is 1. The maximum atomic E-state index is 12.1. The first-order valence-corrected chi connectivity index (χ1v) is 9.00. The number of carbonyl (C=O) groups excluding carboxylic acids is 1. The number of para-hydroxylation sites is 1. The molecule has 4 rings (SSSR count). The van der Waals surface area contributed by atoms with Gasteiger partial charge in [0, 0.05) is 25.0 Å². The third-order valence-electron chi connectivity index (χ3n) is 4.42. The molecule has 2 aliphatic rings. The molecule has 1 saturated carbocycles. The summed E-state index contributed by atoms with van der Waals surface area (Å²) in [4.78, 5) is 19.1. The van der Waals surface area contributed by atoms with E-state index in [0.29, 0.717) is 11.1 Å². The van der Waals surface area contributed by atoms with Crippen molar-refractivity contribution in [3.05, 3.63) is 23.2 Å². The quantitative estimate of drug-likeness (QED) is 0.934. The van der Waals surface area contributed by atoms with Crippen LogP contribution in [0.25, 0.3) is 10.2 Å². The minimum absolute atomic E-state index is 0.162. The number of anilines is 1. The number of nitrogens with zero attached hydrogens (tertiary/aromatic N) is 2. The van der Waals surface area contributed by atoms with Gasteiger partial charge in [-0.2, -0.15) is 0 Å². The minimum Gasteiger partial charge on any atom is -0.353 e. The molecule has 1 aromatic heterocycles. The average Bonchev–Trinajstić information content (AvgIpc) is 3.23. The number of halogens is 1. The summed E-state index contributed by atoms with van der Waals surface area (Å²) in [5.74, 6) is 0.407. The van der Waals surface area contributed by atoms with Crippen LogP contribution < -0.4 is 10.2 Å². The Bertz CT molecular complexity index is 704. The van der Waals surface area contributed by atoms with Crippen LogP contribution in [0.4, 0.5) is 5.13 Å². The maximum absolute atomic E-state index is 12.1. The predicted molar refractivity (Wildman–Crippen MR) is 90.7 cm³/mol. The van der Waals surface area contributed by atoms with E-state index in [4.69, 9.17) is 11.6 Å². The third-order valence-corrected chi connectivity index (χ3v) is 5.80. The zero-order chi connectivity index (χ0) is 15.1. The lowest BCUT2D eigenvalue weighted by Gasteiger charge is -2.31. The van der Waals surface area contributed by atoms with Crippen molar-refractivity contribution in [1.82, 2.24) is 10.3 Å². The molecule has 1 aromatic carbocycles. The van der Waals surface area contributed by atoms with E-state index in [1.807, 2.05) is 12.1 Å². The molecule has 1 aliphatic carbocycles. The summed E-state index contributed by atoms with van der Waals surface area (Å²) in [6, 6.07) is 6.35. The Labute approximate surface area is 138 Å². The number of amides is 1. The normalized spacial score (nSPS) is 19.6. The smallest absolute Gasteiger partial charge is 0.223 e. The Kier molecular flexibility index (Phi) is 3.70. The second-order valence-corrected chi connectivity index (χ2v) is 7.54. The van der Waals surface area contributed by atoms with Gasteiger partial charge in [0.2, 0.25) is 5.91 Å². The number of nitrogens with one attached hydrogen (secondary N) is 1. The van der Waals surface area contributed by atoms with Gasteiger partial charge in [0.1, 0.15) is 5.52 Å². The monoisotopic (exact) mass is 335 g/mol. The molecule has 2 fully saturated rings. The van der Waals surface area contributed by atoms with Crippen LogP contribution in [0.5, 0.6) is 0 Å². The van der Waals surface area contributed by atoms with Crippen LogP contribution in [0, 0.1) is 5.92 Å². The molecule has 0 bridgehead atoms. The van der Waals surface area contributed by atoms with E-state index in [1.54, 1.807) is 11.3 Å². The van der Waals surface area contributed by atoms with Crippen molar-refractivity contribution < 1.29 is 4.79 Å². The summed E-state index contributed by atoms with van der Waals surface area (Å²) in [6.45, 7) is 1.78. The Hall–Kier alpha value is -1.33. The largest absolute Gasteiger partial charge is 0.353 e. The van der Waals surface area contributed by atoms with Gasteiger partial charge >= 0.3 is 0 Å². The first kappa shape index (κ1) is 14.3. The first-order chi connectivity index (χ1) is 10.7. The van der Waals surface area contributed by atoms with Crippen molar-refractivity contribution >= 4 is 44.2 Å². The zero-order valence-corrected chi connectivity index (χ0v) is 13.8. The van der Waals surface area contributed by atoms with Crippen LogP contribution in [0.15, 0.2) is 18.2 Å². The second-order valence-electron chi connectivity index (χ2n) is 6.13. The topological polar surface area (TPSA) is 45.2 Å². The van der Waals surface area contributed by atoms with Crippen LogP contribution in [0.3, 0.4) is 0 Å². The number of thiazole rings is 1. The molecule has 4 nitrogen and oxygen atoms in total. The molecule has 0 unspecified atom stereocenters. The Morgan fingerprint density at radius 3 is 2.73 bits per heavy atom.